The van der Waals surface area contributed by atoms with Crippen molar-refractivity contribution in [1.82, 2.24) is 10.3 Å². The van der Waals surface area contributed by atoms with Gasteiger partial charge in [0.15, 0.2) is 0 Å². The number of urea groups is 1. The lowest BCUT2D eigenvalue weighted by molar-refractivity contribution is 0.0950. The van der Waals surface area contributed by atoms with Crippen LogP contribution >= 0.6 is 0 Å². The molecule has 3 rings (SSSR count). The van der Waals surface area contributed by atoms with E-state index in [4.69, 9.17) is 9.47 Å². The predicted molar refractivity (Wildman–Crippen MR) is 118 cm³/mol. The van der Waals surface area contributed by atoms with Gasteiger partial charge in [-0.1, -0.05) is 24.3 Å². The van der Waals surface area contributed by atoms with Gasteiger partial charge in [0.05, 0.1) is 6.61 Å². The molecule has 0 saturated heterocycles. The van der Waals surface area contributed by atoms with E-state index in [2.05, 4.69) is 20.9 Å². The molecule has 2 aromatic carbocycles. The molecule has 8 heteroatoms. The van der Waals surface area contributed by atoms with Gasteiger partial charge in [-0.2, -0.15) is 0 Å². The molecule has 0 unspecified atom stereocenters. The van der Waals surface area contributed by atoms with Gasteiger partial charge >= 0.3 is 6.03 Å². The highest BCUT2D eigenvalue weighted by Gasteiger charge is 2.10. The largest absolute Gasteiger partial charge is 0.475 e. The van der Waals surface area contributed by atoms with E-state index in [0.29, 0.717) is 36.0 Å². The van der Waals surface area contributed by atoms with Gasteiger partial charge in [0, 0.05) is 42.4 Å². The van der Waals surface area contributed by atoms with Crippen molar-refractivity contribution >= 4 is 23.3 Å². The fraction of sp³-hybridized carbons (Fsp3) is 0.174. The number of benzene rings is 2. The number of aromatic nitrogens is 1. The van der Waals surface area contributed by atoms with E-state index >= 15 is 0 Å². The van der Waals surface area contributed by atoms with Gasteiger partial charge < -0.3 is 25.4 Å². The van der Waals surface area contributed by atoms with E-state index < -0.39 is 0 Å². The van der Waals surface area contributed by atoms with E-state index in [1.165, 1.54) is 0 Å². The number of nitrogens with zero attached hydrogens (tertiary/aromatic N) is 1. The molecule has 1 heterocycles. The van der Waals surface area contributed by atoms with Crippen molar-refractivity contribution in [2.75, 3.05) is 31.0 Å². The zero-order chi connectivity index (χ0) is 21.9. The Morgan fingerprint density at radius 3 is 2.29 bits per heavy atom. The Morgan fingerprint density at radius 2 is 1.58 bits per heavy atom. The monoisotopic (exact) mass is 420 g/mol. The van der Waals surface area contributed by atoms with Crippen LogP contribution in [-0.2, 0) is 11.3 Å². The molecule has 0 radical (unpaired) electrons. The summed E-state index contributed by atoms with van der Waals surface area (Å²) in [4.78, 5) is 28.7. The van der Waals surface area contributed by atoms with Crippen LogP contribution in [0.4, 0.5) is 16.2 Å². The van der Waals surface area contributed by atoms with Gasteiger partial charge in [-0.15, -0.1) is 0 Å². The molecule has 0 spiro atoms. The SMILES string of the molecule is COCCOc1ncccc1CNC(=O)c1ccc(NC(=O)Nc2ccccc2)cc1. The zero-order valence-corrected chi connectivity index (χ0v) is 17.1. The van der Waals surface area contributed by atoms with Crippen molar-refractivity contribution in [3.05, 3.63) is 84.1 Å². The van der Waals surface area contributed by atoms with Crippen LogP contribution in [0.2, 0.25) is 0 Å². The molecule has 3 N–H and O–H groups in total. The highest BCUT2D eigenvalue weighted by molar-refractivity contribution is 6.00. The molecule has 160 valence electrons. The number of pyridine rings is 1. The fourth-order valence-electron chi connectivity index (χ4n) is 2.71. The molecule has 8 nitrogen and oxygen atoms in total. The third kappa shape index (κ3) is 6.83. The molecule has 31 heavy (non-hydrogen) atoms. The normalized spacial score (nSPS) is 10.2. The number of amides is 3. The Hall–Kier alpha value is -3.91. The summed E-state index contributed by atoms with van der Waals surface area (Å²) in [7, 11) is 1.60. The summed E-state index contributed by atoms with van der Waals surface area (Å²) in [6.07, 6.45) is 1.63. The highest BCUT2D eigenvalue weighted by atomic mass is 16.5. The van der Waals surface area contributed by atoms with Crippen LogP contribution in [0.3, 0.4) is 0 Å². The van der Waals surface area contributed by atoms with Crippen LogP contribution in [0.5, 0.6) is 5.88 Å². The van der Waals surface area contributed by atoms with Crippen LogP contribution in [0.15, 0.2) is 72.9 Å². The van der Waals surface area contributed by atoms with Gasteiger partial charge in [-0.05, 0) is 42.5 Å². The quantitative estimate of drug-likeness (QED) is 0.459. The van der Waals surface area contributed by atoms with Crippen molar-refractivity contribution in [3.63, 3.8) is 0 Å². The van der Waals surface area contributed by atoms with Gasteiger partial charge in [-0.3, -0.25) is 4.79 Å². The van der Waals surface area contributed by atoms with Crippen LogP contribution in [-0.4, -0.2) is 37.2 Å². The number of ether oxygens (including phenoxy) is 2. The van der Waals surface area contributed by atoms with Crippen LogP contribution < -0.4 is 20.7 Å². The first-order valence-corrected chi connectivity index (χ1v) is 9.72. The second-order valence-electron chi connectivity index (χ2n) is 6.51. The Bertz CT molecular complexity index is 994. The first-order chi connectivity index (χ1) is 15.2. The fourth-order valence-corrected chi connectivity index (χ4v) is 2.71. The lowest BCUT2D eigenvalue weighted by atomic mass is 10.2. The lowest BCUT2D eigenvalue weighted by Crippen LogP contribution is -2.23. The summed E-state index contributed by atoms with van der Waals surface area (Å²) in [5.74, 6) is 0.218. The van der Waals surface area contributed by atoms with Gasteiger partial charge in [-0.25, -0.2) is 9.78 Å². The average Bonchev–Trinajstić information content (AvgIpc) is 2.79. The number of hydrogen-bond acceptors (Lipinski definition) is 5. The number of nitrogens with one attached hydrogen (secondary N) is 3. The van der Waals surface area contributed by atoms with E-state index in [9.17, 15) is 9.59 Å². The predicted octanol–water partition coefficient (Wildman–Crippen LogP) is 3.68. The summed E-state index contributed by atoms with van der Waals surface area (Å²) >= 11 is 0. The number of hydrogen-bond donors (Lipinski definition) is 3. The van der Waals surface area contributed by atoms with Crippen molar-refractivity contribution in [1.29, 1.82) is 0 Å². The summed E-state index contributed by atoms with van der Waals surface area (Å²) in [5.41, 5.74) is 2.51. The number of carbonyl (C=O) groups excluding carboxylic acids is 2. The Balaban J connectivity index is 1.52. The number of anilines is 2. The van der Waals surface area contributed by atoms with Crippen LogP contribution in [0, 0.1) is 0 Å². The van der Waals surface area contributed by atoms with Crippen molar-refractivity contribution in [2.24, 2.45) is 0 Å². The maximum absolute atomic E-state index is 12.5. The third-order valence-electron chi connectivity index (χ3n) is 4.25. The molecule has 0 saturated carbocycles. The van der Waals surface area contributed by atoms with E-state index in [1.807, 2.05) is 24.3 Å². The summed E-state index contributed by atoms with van der Waals surface area (Å²) in [5, 5.41) is 8.31. The van der Waals surface area contributed by atoms with Crippen molar-refractivity contribution < 1.29 is 19.1 Å². The molecule has 0 bridgehead atoms. The molecular weight excluding hydrogens is 396 g/mol. The van der Waals surface area contributed by atoms with E-state index in [-0.39, 0.29) is 18.5 Å². The first kappa shape index (κ1) is 21.8. The number of carbonyl (C=O) groups is 2. The molecule has 0 fully saturated rings. The van der Waals surface area contributed by atoms with Crippen molar-refractivity contribution in [3.8, 4) is 5.88 Å². The summed E-state index contributed by atoms with van der Waals surface area (Å²) in [6, 6.07) is 19.0. The minimum Gasteiger partial charge on any atom is -0.475 e. The van der Waals surface area contributed by atoms with E-state index in [0.717, 1.165) is 5.56 Å². The second-order valence-corrected chi connectivity index (χ2v) is 6.51. The van der Waals surface area contributed by atoms with E-state index in [1.54, 1.807) is 55.8 Å². The highest BCUT2D eigenvalue weighted by Crippen LogP contribution is 2.15. The molecule has 0 aliphatic heterocycles. The number of para-hydroxylation sites is 1. The van der Waals surface area contributed by atoms with Crippen molar-refractivity contribution in [2.45, 2.75) is 6.54 Å². The van der Waals surface area contributed by atoms with Gasteiger partial charge in [0.25, 0.3) is 5.91 Å². The third-order valence-corrected chi connectivity index (χ3v) is 4.25. The molecule has 3 amide bonds. The standard InChI is InChI=1S/C23H24N4O4/c1-30-14-15-31-22-18(6-5-13-24-22)16-25-21(28)17-9-11-20(12-10-17)27-23(29)26-19-7-3-2-4-8-19/h2-13H,14-16H2,1H3,(H,25,28)(H2,26,27,29). The minimum atomic E-state index is -0.360. The topological polar surface area (TPSA) is 102 Å². The molecule has 0 atom stereocenters. The Morgan fingerprint density at radius 1 is 0.871 bits per heavy atom. The Kier molecular flexibility index (Phi) is 7.96. The van der Waals surface area contributed by atoms with Crippen LogP contribution in [0.1, 0.15) is 15.9 Å². The molecule has 0 aliphatic rings. The first-order valence-electron chi connectivity index (χ1n) is 9.72. The number of methoxy groups -OCH3 is 1. The summed E-state index contributed by atoms with van der Waals surface area (Å²) < 4.78 is 10.5. The van der Waals surface area contributed by atoms with Gasteiger partial charge in [0.1, 0.15) is 6.61 Å². The van der Waals surface area contributed by atoms with Crippen LogP contribution in [0.25, 0.3) is 0 Å². The van der Waals surface area contributed by atoms with Gasteiger partial charge in [0.2, 0.25) is 5.88 Å². The minimum absolute atomic E-state index is 0.244. The smallest absolute Gasteiger partial charge is 0.323 e. The summed E-state index contributed by atoms with van der Waals surface area (Å²) in [6.45, 7) is 1.10. The molecular formula is C23H24N4O4. The zero-order valence-electron chi connectivity index (χ0n) is 17.1. The second kappa shape index (κ2) is 11.3. The molecule has 0 aliphatic carbocycles. The molecule has 3 aromatic rings. The number of rotatable bonds is 9. The average molecular weight is 420 g/mol. The molecule has 1 aromatic heterocycles. The lowest BCUT2D eigenvalue weighted by Gasteiger charge is -2.11. The maximum Gasteiger partial charge on any atom is 0.323 e. The maximum atomic E-state index is 12.5. The Labute approximate surface area is 180 Å².